The van der Waals surface area contributed by atoms with Gasteiger partial charge in [0.15, 0.2) is 0 Å². The predicted octanol–water partition coefficient (Wildman–Crippen LogP) is -0.655. The molecule has 0 amide bonds. The van der Waals surface area contributed by atoms with Gasteiger partial charge < -0.3 is 0 Å². The van der Waals surface area contributed by atoms with Crippen molar-refractivity contribution < 1.29 is 19.7 Å². The van der Waals surface area contributed by atoms with E-state index in [1.807, 2.05) is 0 Å². The Hall–Kier alpha value is -1.03. The van der Waals surface area contributed by atoms with Crippen molar-refractivity contribution in [2.45, 2.75) is 0 Å². The number of hydrogen-bond donors (Lipinski definition) is 3. The average molecular weight is 319 g/mol. The Bertz CT molecular complexity index is 428. The van der Waals surface area contributed by atoms with E-state index < -0.39 is 25.6 Å². The van der Waals surface area contributed by atoms with E-state index in [2.05, 4.69) is 0 Å². The number of benzene rings is 1. The van der Waals surface area contributed by atoms with E-state index in [1.54, 1.807) is 0 Å². The van der Waals surface area contributed by atoms with E-state index in [0.29, 0.717) is 5.56 Å². The molecule has 0 aliphatic heterocycles. The Morgan fingerprint density at radius 1 is 1.20 bits per heavy atom. The fourth-order valence-electron chi connectivity index (χ4n) is 0.947. The summed E-state index contributed by atoms with van der Waals surface area (Å²) in [6.45, 7) is 0. The fourth-order valence-corrected chi connectivity index (χ4v) is 2.48. The minimum atomic E-state index is -5.10. The second kappa shape index (κ2) is 4.66. The number of rotatable bonds is 3. The van der Waals surface area contributed by atoms with E-state index in [4.69, 9.17) is 11.9 Å². The van der Waals surface area contributed by atoms with Gasteiger partial charge in [-0.3, -0.25) is 0 Å². The van der Waals surface area contributed by atoms with Gasteiger partial charge in [0.2, 0.25) is 0 Å². The zero-order valence-corrected chi connectivity index (χ0v) is 10.1. The number of aliphatic carboxylic acids is 1. The molecule has 0 unspecified atom stereocenters. The quantitative estimate of drug-likeness (QED) is 0.508. The van der Waals surface area contributed by atoms with Crippen molar-refractivity contribution in [3.8, 4) is 0 Å². The van der Waals surface area contributed by atoms with Crippen LogP contribution in [0.15, 0.2) is 30.3 Å². The van der Waals surface area contributed by atoms with Crippen molar-refractivity contribution in [3.05, 3.63) is 35.9 Å². The van der Waals surface area contributed by atoms with Crippen molar-refractivity contribution in [2.24, 2.45) is 0 Å². The molecule has 0 spiro atoms. The van der Waals surface area contributed by atoms with Crippen molar-refractivity contribution in [3.63, 3.8) is 0 Å². The van der Waals surface area contributed by atoms with Crippen molar-refractivity contribution in [1.29, 1.82) is 0 Å². The van der Waals surface area contributed by atoms with Crippen LogP contribution in [0.1, 0.15) is 5.56 Å². The molecule has 0 atom stereocenters. The molecule has 6 heteroatoms. The van der Waals surface area contributed by atoms with Crippen LogP contribution in [0.4, 0.5) is 0 Å². The van der Waals surface area contributed by atoms with Crippen molar-refractivity contribution >= 4 is 35.2 Å². The van der Waals surface area contributed by atoms with Crippen molar-refractivity contribution in [2.75, 3.05) is 0 Å². The van der Waals surface area contributed by atoms with E-state index >= 15 is 0 Å². The first-order valence-corrected chi connectivity index (χ1v) is 8.57. The summed E-state index contributed by atoms with van der Waals surface area (Å²) in [6, 6.07) is 5.53. The third-order valence-corrected chi connectivity index (χ3v) is 4.42. The summed E-state index contributed by atoms with van der Waals surface area (Å²) in [7, 11) is 0. The van der Waals surface area contributed by atoms with E-state index in [1.165, 1.54) is 30.3 Å². The molecule has 0 aliphatic rings. The predicted molar refractivity (Wildman–Crippen MR) is 53.6 cm³/mol. The standard InChI is InChI=1S/C9H7O2.2H2O.O.Sb/c10-9(11)7-6-8-4-2-1-3-5-8;;;;/h2-7H,(H,10,11);2*1H2;;/q;;;;+2/p-2/b7-6+;;;;. The van der Waals surface area contributed by atoms with Gasteiger partial charge in [-0.1, -0.05) is 0 Å². The summed E-state index contributed by atoms with van der Waals surface area (Å²) in [4.78, 5) is 10.2. The molecule has 80 valence electrons. The zero-order chi connectivity index (χ0) is 11.5. The Kier molecular flexibility index (Phi) is 3.74. The third-order valence-electron chi connectivity index (χ3n) is 1.65. The SMILES string of the molecule is O=C(O)/C=C/c1cc[c]([Sb](=[O])([OH])[OH])cc1. The molecule has 0 bridgehead atoms. The van der Waals surface area contributed by atoms with Gasteiger partial charge in [0.25, 0.3) is 0 Å². The van der Waals surface area contributed by atoms with Gasteiger partial charge in [-0.2, -0.15) is 0 Å². The summed E-state index contributed by atoms with van der Waals surface area (Å²) < 4.78 is 28.7. The van der Waals surface area contributed by atoms with E-state index in [0.717, 1.165) is 6.08 Å². The molecule has 0 radical (unpaired) electrons. The Labute approximate surface area is 90.8 Å². The molecule has 0 fully saturated rings. The summed E-state index contributed by atoms with van der Waals surface area (Å²) in [5.41, 5.74) is 0.579. The second-order valence-corrected chi connectivity index (χ2v) is 7.39. The van der Waals surface area contributed by atoms with E-state index in [-0.39, 0.29) is 3.51 Å². The number of hydrogen-bond acceptors (Lipinski definition) is 2. The van der Waals surface area contributed by atoms with Gasteiger partial charge in [0, 0.05) is 0 Å². The van der Waals surface area contributed by atoms with Gasteiger partial charge in [-0.05, 0) is 0 Å². The molecule has 15 heavy (non-hydrogen) atoms. The summed E-state index contributed by atoms with van der Waals surface area (Å²) in [5, 5.41) is 8.35. The summed E-state index contributed by atoms with van der Waals surface area (Å²) in [6.07, 6.45) is 2.31. The van der Waals surface area contributed by atoms with Crippen LogP contribution in [0.5, 0.6) is 0 Å². The van der Waals surface area contributed by atoms with Crippen LogP contribution in [0, 0.1) is 0 Å². The first-order valence-electron chi connectivity index (χ1n) is 3.97. The van der Waals surface area contributed by atoms with Gasteiger partial charge in [0.1, 0.15) is 0 Å². The van der Waals surface area contributed by atoms with Gasteiger partial charge in [-0.15, -0.1) is 0 Å². The molecule has 0 aromatic heterocycles. The van der Waals surface area contributed by atoms with Crippen LogP contribution in [-0.4, -0.2) is 37.5 Å². The molecule has 5 nitrogen and oxygen atoms in total. The van der Waals surface area contributed by atoms with Gasteiger partial charge in [-0.25, -0.2) is 0 Å². The van der Waals surface area contributed by atoms with Crippen LogP contribution in [0.25, 0.3) is 6.08 Å². The topological polar surface area (TPSA) is 94.8 Å². The summed E-state index contributed by atoms with van der Waals surface area (Å²) >= 11 is -5.10. The normalized spacial score (nSPS) is 11.9. The number of carboxylic acids is 1. The Morgan fingerprint density at radius 2 is 1.73 bits per heavy atom. The Morgan fingerprint density at radius 3 is 2.13 bits per heavy atom. The molecule has 1 aromatic carbocycles. The number of carbonyl (C=O) groups is 1. The molecular formula is C9H9O5Sb. The molecule has 1 aromatic rings. The molecule has 1 rings (SSSR count). The van der Waals surface area contributed by atoms with Crippen LogP contribution < -0.4 is 3.51 Å². The first kappa shape index (κ1) is 12.0. The average Bonchev–Trinajstić information content (AvgIpc) is 2.14. The van der Waals surface area contributed by atoms with Crippen molar-refractivity contribution in [1.82, 2.24) is 0 Å². The summed E-state index contributed by atoms with van der Waals surface area (Å²) in [5.74, 6) is -1.07. The molecule has 0 aliphatic carbocycles. The second-order valence-electron chi connectivity index (χ2n) is 2.81. The maximum absolute atomic E-state index is 10.9. The van der Waals surface area contributed by atoms with Crippen LogP contribution in [0.3, 0.4) is 0 Å². The third kappa shape index (κ3) is 3.91. The van der Waals surface area contributed by atoms with Crippen LogP contribution in [0.2, 0.25) is 0 Å². The van der Waals surface area contributed by atoms with E-state index in [9.17, 15) is 7.81 Å². The molecule has 0 heterocycles. The van der Waals surface area contributed by atoms with Gasteiger partial charge in [0.05, 0.1) is 0 Å². The molecule has 0 saturated carbocycles. The van der Waals surface area contributed by atoms with Crippen LogP contribution in [-0.2, 0) is 7.81 Å². The van der Waals surface area contributed by atoms with Gasteiger partial charge >= 0.3 is 90.8 Å². The maximum atomic E-state index is 10.9. The number of carboxylic acid groups (broad SMARTS) is 1. The molecule has 3 N–H and O–H groups in total. The Balaban J connectivity index is 2.91. The zero-order valence-electron chi connectivity index (χ0n) is 7.57. The van der Waals surface area contributed by atoms with Crippen LogP contribution >= 0.6 is 0 Å². The minimum absolute atomic E-state index is 0.000903. The monoisotopic (exact) mass is 318 g/mol. The molecule has 0 saturated heterocycles. The fraction of sp³-hybridized carbons (Fsp3) is 0. The molecular weight excluding hydrogens is 310 g/mol. The first-order chi connectivity index (χ1) is 6.89.